The molecule has 1 saturated heterocycles. The van der Waals surface area contributed by atoms with Crippen molar-refractivity contribution in [2.45, 2.75) is 68.3 Å². The maximum Gasteiger partial charge on any atom is 0.242 e. The highest BCUT2D eigenvalue weighted by atomic mass is 32.2. The summed E-state index contributed by atoms with van der Waals surface area (Å²) in [5.74, 6) is 1.83. The number of rotatable bonds is 2. The second kappa shape index (κ2) is 5.27. The molecule has 1 amide bonds. The Labute approximate surface area is 130 Å². The molecule has 0 aromatic heterocycles. The molecule has 0 aromatic rings. The van der Waals surface area contributed by atoms with Gasteiger partial charge >= 0.3 is 0 Å². The average molecular weight is 308 g/mol. The van der Waals surface area contributed by atoms with Gasteiger partial charge in [-0.2, -0.15) is 0 Å². The summed E-state index contributed by atoms with van der Waals surface area (Å²) >= 11 is 1.68. The third kappa shape index (κ3) is 2.42. The van der Waals surface area contributed by atoms with Gasteiger partial charge in [-0.3, -0.25) is 9.79 Å². The quantitative estimate of drug-likeness (QED) is 0.853. The first-order valence-corrected chi connectivity index (χ1v) is 9.11. The van der Waals surface area contributed by atoms with Crippen molar-refractivity contribution in [1.82, 2.24) is 5.32 Å². The van der Waals surface area contributed by atoms with E-state index in [2.05, 4.69) is 5.32 Å². The number of aliphatic imine (C=N–C) groups is 1. The zero-order chi connectivity index (χ0) is 14.4. The molecule has 21 heavy (non-hydrogen) atoms. The van der Waals surface area contributed by atoms with Crippen LogP contribution in [0.2, 0.25) is 0 Å². The predicted octanol–water partition coefficient (Wildman–Crippen LogP) is 2.72. The lowest BCUT2D eigenvalue weighted by Crippen LogP contribution is -2.42. The van der Waals surface area contributed by atoms with Crippen LogP contribution in [-0.2, 0) is 9.53 Å². The lowest BCUT2D eigenvalue weighted by Gasteiger charge is -2.33. The highest BCUT2D eigenvalue weighted by Crippen LogP contribution is 2.48. The summed E-state index contributed by atoms with van der Waals surface area (Å²) in [6.07, 6.45) is 9.47. The number of amides is 1. The molecule has 116 valence electrons. The first-order valence-electron chi connectivity index (χ1n) is 8.29. The van der Waals surface area contributed by atoms with E-state index in [0.717, 1.165) is 42.7 Å². The molecule has 1 spiro atoms. The Kier molecular flexibility index (Phi) is 3.53. The SMILES string of the molecule is CO[C@@H]1CCCC2(C1)SC(=N[C@H]1C[C@@H]3CC[C@H]1C3)NC2=O. The molecule has 4 aliphatic rings. The molecule has 3 aliphatic carbocycles. The van der Waals surface area contributed by atoms with Gasteiger partial charge in [-0.1, -0.05) is 18.2 Å². The van der Waals surface area contributed by atoms with Gasteiger partial charge in [0.2, 0.25) is 5.91 Å². The molecule has 4 nitrogen and oxygen atoms in total. The molecule has 5 heteroatoms. The molecule has 3 saturated carbocycles. The van der Waals surface area contributed by atoms with Gasteiger partial charge in [-0.15, -0.1) is 0 Å². The summed E-state index contributed by atoms with van der Waals surface area (Å²) < 4.78 is 5.19. The fourth-order valence-electron chi connectivity index (χ4n) is 4.73. The number of methoxy groups -OCH3 is 1. The number of nitrogens with zero attached hydrogens (tertiary/aromatic N) is 1. The van der Waals surface area contributed by atoms with Crippen LogP contribution in [-0.4, -0.2) is 35.1 Å². The second-order valence-electron chi connectivity index (χ2n) is 7.18. The normalized spacial score (nSPS) is 47.5. The number of carbonyl (C=O) groups is 1. The van der Waals surface area contributed by atoms with Gasteiger partial charge in [-0.25, -0.2) is 0 Å². The molecule has 1 heterocycles. The minimum atomic E-state index is -0.310. The first kappa shape index (κ1) is 14.1. The lowest BCUT2D eigenvalue weighted by molar-refractivity contribution is -0.123. The maximum absolute atomic E-state index is 12.5. The summed E-state index contributed by atoms with van der Waals surface area (Å²) in [6, 6.07) is 0.462. The molecular weight excluding hydrogens is 284 g/mol. The molecule has 1 N–H and O–H groups in total. The molecule has 1 unspecified atom stereocenters. The number of hydrogen-bond donors (Lipinski definition) is 1. The Morgan fingerprint density at radius 2 is 2.24 bits per heavy atom. The molecule has 0 radical (unpaired) electrons. The minimum Gasteiger partial charge on any atom is -0.381 e. The molecule has 0 aromatic carbocycles. The minimum absolute atomic E-state index is 0.163. The maximum atomic E-state index is 12.5. The Morgan fingerprint density at radius 3 is 2.95 bits per heavy atom. The monoisotopic (exact) mass is 308 g/mol. The van der Waals surface area contributed by atoms with Crippen molar-refractivity contribution in [3.8, 4) is 0 Å². The summed E-state index contributed by atoms with van der Waals surface area (Å²) in [5, 5.41) is 3.95. The first-order chi connectivity index (χ1) is 10.2. The second-order valence-corrected chi connectivity index (χ2v) is 8.55. The van der Waals surface area contributed by atoms with Gasteiger partial charge in [0.25, 0.3) is 0 Å². The molecule has 2 bridgehead atoms. The van der Waals surface area contributed by atoms with E-state index in [1.54, 1.807) is 18.9 Å². The van der Waals surface area contributed by atoms with Gasteiger partial charge in [0.15, 0.2) is 5.17 Å². The van der Waals surface area contributed by atoms with Gasteiger partial charge in [0.05, 0.1) is 12.1 Å². The van der Waals surface area contributed by atoms with Crippen LogP contribution in [0.5, 0.6) is 0 Å². The lowest BCUT2D eigenvalue weighted by atomic mass is 9.85. The number of ether oxygens (including phenoxy) is 1. The molecular formula is C16H24N2O2S. The largest absolute Gasteiger partial charge is 0.381 e. The van der Waals surface area contributed by atoms with Crippen LogP contribution >= 0.6 is 11.8 Å². The van der Waals surface area contributed by atoms with Gasteiger partial charge in [0, 0.05) is 7.11 Å². The Morgan fingerprint density at radius 1 is 1.33 bits per heavy atom. The van der Waals surface area contributed by atoms with Crippen molar-refractivity contribution >= 4 is 22.8 Å². The Balaban J connectivity index is 1.49. The van der Waals surface area contributed by atoms with Crippen molar-refractivity contribution in [3.05, 3.63) is 0 Å². The number of hydrogen-bond acceptors (Lipinski definition) is 4. The van der Waals surface area contributed by atoms with Crippen molar-refractivity contribution in [3.63, 3.8) is 0 Å². The van der Waals surface area contributed by atoms with E-state index < -0.39 is 0 Å². The van der Waals surface area contributed by atoms with Crippen LogP contribution in [0.3, 0.4) is 0 Å². The van der Waals surface area contributed by atoms with Gasteiger partial charge in [0.1, 0.15) is 4.75 Å². The number of nitrogens with one attached hydrogen (secondary N) is 1. The summed E-state index contributed by atoms with van der Waals surface area (Å²) in [6.45, 7) is 0. The van der Waals surface area contributed by atoms with E-state index in [9.17, 15) is 4.79 Å². The van der Waals surface area contributed by atoms with Crippen LogP contribution in [0.25, 0.3) is 0 Å². The fourth-order valence-corrected chi connectivity index (χ4v) is 6.10. The molecule has 5 atom stereocenters. The fraction of sp³-hybridized carbons (Fsp3) is 0.875. The van der Waals surface area contributed by atoms with Crippen LogP contribution in [0.1, 0.15) is 51.4 Å². The number of carbonyl (C=O) groups excluding carboxylic acids is 1. The highest BCUT2D eigenvalue weighted by Gasteiger charge is 2.50. The summed E-state index contributed by atoms with van der Waals surface area (Å²) in [5.41, 5.74) is 0. The van der Waals surface area contributed by atoms with E-state index in [0.29, 0.717) is 6.04 Å². The van der Waals surface area contributed by atoms with Crippen molar-refractivity contribution in [2.24, 2.45) is 16.8 Å². The van der Waals surface area contributed by atoms with Crippen LogP contribution in [0.4, 0.5) is 0 Å². The summed E-state index contributed by atoms with van der Waals surface area (Å²) in [4.78, 5) is 17.4. The van der Waals surface area contributed by atoms with Crippen molar-refractivity contribution in [1.29, 1.82) is 0 Å². The van der Waals surface area contributed by atoms with Crippen LogP contribution < -0.4 is 5.32 Å². The molecule has 4 rings (SSSR count). The number of fused-ring (bicyclic) bond motifs is 2. The van der Waals surface area contributed by atoms with E-state index in [1.165, 1.54) is 25.7 Å². The average Bonchev–Trinajstić information content (AvgIpc) is 3.16. The molecule has 4 fully saturated rings. The zero-order valence-corrected chi connectivity index (χ0v) is 13.5. The van der Waals surface area contributed by atoms with Crippen molar-refractivity contribution in [2.75, 3.05) is 7.11 Å². The Bertz CT molecular complexity index is 481. The number of thioether (sulfide) groups is 1. The van der Waals surface area contributed by atoms with E-state index in [1.807, 2.05) is 0 Å². The highest BCUT2D eigenvalue weighted by molar-refractivity contribution is 8.16. The zero-order valence-electron chi connectivity index (χ0n) is 12.6. The third-order valence-electron chi connectivity index (χ3n) is 5.91. The molecule has 1 aliphatic heterocycles. The smallest absolute Gasteiger partial charge is 0.242 e. The van der Waals surface area contributed by atoms with E-state index >= 15 is 0 Å². The van der Waals surface area contributed by atoms with Crippen LogP contribution in [0, 0.1) is 11.8 Å². The van der Waals surface area contributed by atoms with Crippen LogP contribution in [0.15, 0.2) is 4.99 Å². The Hall–Kier alpha value is -0.550. The predicted molar refractivity (Wildman–Crippen MR) is 84.4 cm³/mol. The topological polar surface area (TPSA) is 50.7 Å². The van der Waals surface area contributed by atoms with Gasteiger partial charge < -0.3 is 10.1 Å². The van der Waals surface area contributed by atoms with E-state index in [4.69, 9.17) is 9.73 Å². The third-order valence-corrected chi connectivity index (χ3v) is 7.26. The van der Waals surface area contributed by atoms with Crippen molar-refractivity contribution < 1.29 is 9.53 Å². The standard InChI is InChI=1S/C16H24N2O2S/c1-20-12-3-2-6-16(9-12)14(19)18-15(21-16)17-13-8-10-4-5-11(13)7-10/h10-13H,2-9H2,1H3,(H,17,18,19)/t10-,11+,12-,13+,16?/m1/s1. The number of amidine groups is 1. The van der Waals surface area contributed by atoms with Gasteiger partial charge in [-0.05, 0) is 56.8 Å². The van der Waals surface area contributed by atoms with E-state index in [-0.39, 0.29) is 16.8 Å². The summed E-state index contributed by atoms with van der Waals surface area (Å²) in [7, 11) is 1.76.